The predicted octanol–water partition coefficient (Wildman–Crippen LogP) is 3.38. The molecule has 3 heteroatoms. The Labute approximate surface area is 103 Å². The second kappa shape index (κ2) is 6.38. The molecule has 3 nitrogen and oxygen atoms in total. The SMILES string of the molecule is O=C(CCC1CCCCC1)Nc1ccncc1. The molecule has 1 aromatic heterocycles. The molecule has 1 aliphatic rings. The van der Waals surface area contributed by atoms with Crippen molar-refractivity contribution in [3.63, 3.8) is 0 Å². The van der Waals surface area contributed by atoms with Crippen molar-refractivity contribution in [1.82, 2.24) is 4.98 Å². The van der Waals surface area contributed by atoms with Crippen molar-refractivity contribution >= 4 is 11.6 Å². The normalized spacial score (nSPS) is 16.7. The molecular formula is C14H20N2O. The summed E-state index contributed by atoms with van der Waals surface area (Å²) in [5.74, 6) is 0.897. The average Bonchev–Trinajstić information content (AvgIpc) is 2.39. The molecule has 0 radical (unpaired) electrons. The first-order valence-corrected chi connectivity index (χ1v) is 6.54. The number of rotatable bonds is 4. The number of amides is 1. The van der Waals surface area contributed by atoms with Crippen molar-refractivity contribution in [3.8, 4) is 0 Å². The Balaban J connectivity index is 1.70. The largest absolute Gasteiger partial charge is 0.326 e. The summed E-state index contributed by atoms with van der Waals surface area (Å²) < 4.78 is 0. The van der Waals surface area contributed by atoms with E-state index in [1.165, 1.54) is 32.1 Å². The van der Waals surface area contributed by atoms with Gasteiger partial charge < -0.3 is 5.32 Å². The zero-order valence-electron chi connectivity index (χ0n) is 10.2. The molecule has 1 aromatic rings. The Hall–Kier alpha value is -1.38. The van der Waals surface area contributed by atoms with E-state index in [0.29, 0.717) is 6.42 Å². The van der Waals surface area contributed by atoms with Crippen molar-refractivity contribution in [2.75, 3.05) is 5.32 Å². The highest BCUT2D eigenvalue weighted by molar-refractivity contribution is 5.90. The zero-order chi connectivity index (χ0) is 11.9. The molecule has 1 heterocycles. The standard InChI is InChI=1S/C14H20N2O/c17-14(16-13-8-10-15-11-9-13)7-6-12-4-2-1-3-5-12/h8-12H,1-7H2,(H,15,16,17). The van der Waals surface area contributed by atoms with Crippen LogP contribution in [0.4, 0.5) is 5.69 Å². The van der Waals surface area contributed by atoms with Gasteiger partial charge in [0, 0.05) is 24.5 Å². The molecule has 0 aromatic carbocycles. The van der Waals surface area contributed by atoms with Gasteiger partial charge in [-0.3, -0.25) is 9.78 Å². The van der Waals surface area contributed by atoms with E-state index in [1.807, 2.05) is 12.1 Å². The van der Waals surface area contributed by atoms with Crippen LogP contribution in [-0.2, 0) is 4.79 Å². The molecule has 1 amide bonds. The number of hydrogen-bond donors (Lipinski definition) is 1. The number of pyridine rings is 1. The number of nitrogens with one attached hydrogen (secondary N) is 1. The molecule has 0 saturated heterocycles. The molecule has 1 aliphatic carbocycles. The quantitative estimate of drug-likeness (QED) is 0.864. The van der Waals surface area contributed by atoms with Crippen LogP contribution in [0, 0.1) is 5.92 Å². The van der Waals surface area contributed by atoms with Gasteiger partial charge in [0.05, 0.1) is 0 Å². The van der Waals surface area contributed by atoms with Gasteiger partial charge >= 0.3 is 0 Å². The van der Waals surface area contributed by atoms with Crippen LogP contribution in [0.5, 0.6) is 0 Å². The van der Waals surface area contributed by atoms with Crippen molar-refractivity contribution in [2.24, 2.45) is 5.92 Å². The first-order chi connectivity index (χ1) is 8.34. The second-order valence-electron chi connectivity index (χ2n) is 4.83. The number of carbonyl (C=O) groups is 1. The smallest absolute Gasteiger partial charge is 0.224 e. The summed E-state index contributed by atoms with van der Waals surface area (Å²) in [6, 6.07) is 3.64. The molecule has 0 atom stereocenters. The Morgan fingerprint density at radius 1 is 1.24 bits per heavy atom. The fourth-order valence-corrected chi connectivity index (χ4v) is 2.47. The molecule has 17 heavy (non-hydrogen) atoms. The predicted molar refractivity (Wildman–Crippen MR) is 68.7 cm³/mol. The van der Waals surface area contributed by atoms with Gasteiger partial charge in [0.1, 0.15) is 0 Å². The van der Waals surface area contributed by atoms with Crippen LogP contribution in [0.15, 0.2) is 24.5 Å². The molecule has 1 fully saturated rings. The average molecular weight is 232 g/mol. The summed E-state index contributed by atoms with van der Waals surface area (Å²) in [6.45, 7) is 0. The molecule has 0 aliphatic heterocycles. The number of carbonyl (C=O) groups excluding carboxylic acids is 1. The molecule has 1 saturated carbocycles. The van der Waals surface area contributed by atoms with Gasteiger partial charge in [-0.1, -0.05) is 32.1 Å². The van der Waals surface area contributed by atoms with E-state index in [1.54, 1.807) is 12.4 Å². The van der Waals surface area contributed by atoms with Crippen LogP contribution >= 0.6 is 0 Å². The first-order valence-electron chi connectivity index (χ1n) is 6.54. The summed E-state index contributed by atoms with van der Waals surface area (Å²) in [6.07, 6.45) is 11.7. The highest BCUT2D eigenvalue weighted by Gasteiger charge is 2.14. The van der Waals surface area contributed by atoms with Gasteiger partial charge in [0.25, 0.3) is 0 Å². The summed E-state index contributed by atoms with van der Waals surface area (Å²) in [5, 5.41) is 2.90. The molecule has 0 bridgehead atoms. The van der Waals surface area contributed by atoms with Gasteiger partial charge in [-0.05, 0) is 24.5 Å². The van der Waals surface area contributed by atoms with Gasteiger partial charge in [0.2, 0.25) is 5.91 Å². The molecule has 92 valence electrons. The third-order valence-corrected chi connectivity index (χ3v) is 3.47. The number of anilines is 1. The van der Waals surface area contributed by atoms with Gasteiger partial charge in [-0.25, -0.2) is 0 Å². The van der Waals surface area contributed by atoms with Crippen LogP contribution in [0.3, 0.4) is 0 Å². The van der Waals surface area contributed by atoms with E-state index in [-0.39, 0.29) is 5.91 Å². The maximum atomic E-state index is 11.7. The lowest BCUT2D eigenvalue weighted by atomic mass is 9.86. The fraction of sp³-hybridized carbons (Fsp3) is 0.571. The van der Waals surface area contributed by atoms with Gasteiger partial charge in [0.15, 0.2) is 0 Å². The van der Waals surface area contributed by atoms with E-state index < -0.39 is 0 Å². The van der Waals surface area contributed by atoms with Crippen molar-refractivity contribution in [1.29, 1.82) is 0 Å². The van der Waals surface area contributed by atoms with Crippen molar-refractivity contribution in [3.05, 3.63) is 24.5 Å². The Bertz CT molecular complexity index is 344. The lowest BCUT2D eigenvalue weighted by Gasteiger charge is -2.20. The molecule has 1 N–H and O–H groups in total. The Morgan fingerprint density at radius 2 is 1.94 bits per heavy atom. The Morgan fingerprint density at radius 3 is 2.65 bits per heavy atom. The molecule has 0 spiro atoms. The number of hydrogen-bond acceptors (Lipinski definition) is 2. The van der Waals surface area contributed by atoms with E-state index in [0.717, 1.165) is 18.0 Å². The van der Waals surface area contributed by atoms with E-state index in [4.69, 9.17) is 0 Å². The van der Waals surface area contributed by atoms with E-state index >= 15 is 0 Å². The summed E-state index contributed by atoms with van der Waals surface area (Å²) in [4.78, 5) is 15.6. The lowest BCUT2D eigenvalue weighted by Crippen LogP contribution is -2.14. The van der Waals surface area contributed by atoms with E-state index in [9.17, 15) is 4.79 Å². The highest BCUT2D eigenvalue weighted by atomic mass is 16.1. The minimum Gasteiger partial charge on any atom is -0.326 e. The van der Waals surface area contributed by atoms with Gasteiger partial charge in [-0.2, -0.15) is 0 Å². The number of aromatic nitrogens is 1. The minimum absolute atomic E-state index is 0.127. The summed E-state index contributed by atoms with van der Waals surface area (Å²) in [7, 11) is 0. The van der Waals surface area contributed by atoms with Crippen LogP contribution in [0.1, 0.15) is 44.9 Å². The van der Waals surface area contributed by atoms with Crippen LogP contribution < -0.4 is 5.32 Å². The zero-order valence-corrected chi connectivity index (χ0v) is 10.2. The van der Waals surface area contributed by atoms with Crippen LogP contribution in [0.25, 0.3) is 0 Å². The van der Waals surface area contributed by atoms with Crippen LogP contribution in [-0.4, -0.2) is 10.9 Å². The second-order valence-corrected chi connectivity index (χ2v) is 4.83. The lowest BCUT2D eigenvalue weighted by molar-refractivity contribution is -0.116. The molecule has 2 rings (SSSR count). The van der Waals surface area contributed by atoms with Crippen LogP contribution in [0.2, 0.25) is 0 Å². The van der Waals surface area contributed by atoms with Gasteiger partial charge in [-0.15, -0.1) is 0 Å². The van der Waals surface area contributed by atoms with E-state index in [2.05, 4.69) is 10.3 Å². The maximum absolute atomic E-state index is 11.7. The fourth-order valence-electron chi connectivity index (χ4n) is 2.47. The van der Waals surface area contributed by atoms with Crippen molar-refractivity contribution < 1.29 is 4.79 Å². The molecular weight excluding hydrogens is 212 g/mol. The minimum atomic E-state index is 0.127. The summed E-state index contributed by atoms with van der Waals surface area (Å²) >= 11 is 0. The highest BCUT2D eigenvalue weighted by Crippen LogP contribution is 2.27. The van der Waals surface area contributed by atoms with Crippen molar-refractivity contribution in [2.45, 2.75) is 44.9 Å². The first kappa shape index (κ1) is 12.1. The summed E-state index contributed by atoms with van der Waals surface area (Å²) in [5.41, 5.74) is 0.841. The maximum Gasteiger partial charge on any atom is 0.224 e. The number of nitrogens with zero attached hydrogens (tertiary/aromatic N) is 1. The third-order valence-electron chi connectivity index (χ3n) is 3.47. The Kier molecular flexibility index (Phi) is 4.54. The molecule has 0 unspecified atom stereocenters. The third kappa shape index (κ3) is 4.17. The monoisotopic (exact) mass is 232 g/mol. The topological polar surface area (TPSA) is 42.0 Å².